The van der Waals surface area contributed by atoms with E-state index in [1.807, 2.05) is 49.4 Å². The number of nitrogens with one attached hydrogen (secondary N) is 2. The molecule has 2 amide bonds. The zero-order chi connectivity index (χ0) is 17.4. The van der Waals surface area contributed by atoms with Crippen LogP contribution in [-0.2, 0) is 9.59 Å². The summed E-state index contributed by atoms with van der Waals surface area (Å²) >= 11 is 0. The molecule has 0 heterocycles. The highest BCUT2D eigenvalue weighted by Gasteiger charge is 2.42. The van der Waals surface area contributed by atoms with E-state index in [9.17, 15) is 9.59 Å². The molecule has 4 rings (SSSR count). The van der Waals surface area contributed by atoms with Gasteiger partial charge in [0.05, 0.1) is 0 Å². The van der Waals surface area contributed by atoms with E-state index in [0.717, 1.165) is 22.6 Å². The molecular weight excluding hydrogens is 312 g/mol. The Balaban J connectivity index is 1.37. The van der Waals surface area contributed by atoms with Crippen molar-refractivity contribution >= 4 is 28.3 Å². The molecule has 4 heteroatoms. The molecule has 2 N–H and O–H groups in total. The summed E-state index contributed by atoms with van der Waals surface area (Å²) in [5.41, 5.74) is 0.645. The number of amides is 2. The Morgan fingerprint density at radius 1 is 1.00 bits per heavy atom. The van der Waals surface area contributed by atoms with E-state index in [1.54, 1.807) is 0 Å². The summed E-state index contributed by atoms with van der Waals surface area (Å²) < 4.78 is 0. The van der Waals surface area contributed by atoms with E-state index < -0.39 is 11.8 Å². The lowest BCUT2D eigenvalue weighted by atomic mass is 9.84. The van der Waals surface area contributed by atoms with Crippen LogP contribution in [0.1, 0.15) is 32.6 Å². The van der Waals surface area contributed by atoms with Crippen molar-refractivity contribution < 1.29 is 9.59 Å². The molecule has 0 aliphatic heterocycles. The summed E-state index contributed by atoms with van der Waals surface area (Å²) in [7, 11) is 0. The SMILES string of the molecule is CC(NC(=O)C(=O)Nc1ccc2ccccc2c1)C1CC2CCC1C2. The Morgan fingerprint density at radius 2 is 1.80 bits per heavy atom. The monoisotopic (exact) mass is 336 g/mol. The summed E-state index contributed by atoms with van der Waals surface area (Å²) in [6.07, 6.45) is 5.11. The molecule has 4 unspecified atom stereocenters. The maximum Gasteiger partial charge on any atom is 0.313 e. The molecule has 2 aromatic rings. The van der Waals surface area contributed by atoms with Gasteiger partial charge in [0.1, 0.15) is 0 Å². The molecule has 2 aromatic carbocycles. The fourth-order valence-corrected chi connectivity index (χ4v) is 4.74. The number of hydrogen-bond acceptors (Lipinski definition) is 2. The largest absolute Gasteiger partial charge is 0.345 e. The van der Waals surface area contributed by atoms with Crippen LogP contribution in [0.4, 0.5) is 5.69 Å². The maximum atomic E-state index is 12.3. The summed E-state index contributed by atoms with van der Waals surface area (Å²) in [6, 6.07) is 13.7. The molecule has 2 aliphatic carbocycles. The molecule has 0 spiro atoms. The molecule has 2 bridgehead atoms. The van der Waals surface area contributed by atoms with E-state index in [1.165, 1.54) is 25.7 Å². The quantitative estimate of drug-likeness (QED) is 0.839. The van der Waals surface area contributed by atoms with Gasteiger partial charge in [-0.3, -0.25) is 9.59 Å². The van der Waals surface area contributed by atoms with Gasteiger partial charge in [-0.1, -0.05) is 36.8 Å². The fraction of sp³-hybridized carbons (Fsp3) is 0.429. The van der Waals surface area contributed by atoms with Gasteiger partial charge < -0.3 is 10.6 Å². The Kier molecular flexibility index (Phi) is 4.20. The third-order valence-corrected chi connectivity index (χ3v) is 6.01. The number of benzene rings is 2. The van der Waals surface area contributed by atoms with Crippen molar-refractivity contribution in [3.8, 4) is 0 Å². The second-order valence-electron chi connectivity index (χ2n) is 7.62. The zero-order valence-electron chi connectivity index (χ0n) is 14.5. The van der Waals surface area contributed by atoms with Gasteiger partial charge in [-0.05, 0) is 66.8 Å². The van der Waals surface area contributed by atoms with Gasteiger partial charge in [0.25, 0.3) is 0 Å². The molecule has 4 atom stereocenters. The van der Waals surface area contributed by atoms with E-state index in [4.69, 9.17) is 0 Å². The third kappa shape index (κ3) is 3.26. The summed E-state index contributed by atoms with van der Waals surface area (Å²) in [5.74, 6) is 0.953. The molecule has 0 saturated heterocycles. The lowest BCUT2D eigenvalue weighted by molar-refractivity contribution is -0.136. The number of rotatable bonds is 3. The number of hydrogen-bond donors (Lipinski definition) is 2. The minimum Gasteiger partial charge on any atom is -0.345 e. The van der Waals surface area contributed by atoms with Crippen molar-refractivity contribution in [3.63, 3.8) is 0 Å². The topological polar surface area (TPSA) is 58.2 Å². The van der Waals surface area contributed by atoms with Gasteiger partial charge in [-0.2, -0.15) is 0 Å². The van der Waals surface area contributed by atoms with Crippen LogP contribution in [0, 0.1) is 17.8 Å². The smallest absolute Gasteiger partial charge is 0.313 e. The van der Waals surface area contributed by atoms with Crippen molar-refractivity contribution in [2.24, 2.45) is 17.8 Å². The number of anilines is 1. The first kappa shape index (κ1) is 16.1. The average molecular weight is 336 g/mol. The van der Waals surface area contributed by atoms with Gasteiger partial charge in [0.15, 0.2) is 0 Å². The molecule has 4 nitrogen and oxygen atoms in total. The Hall–Kier alpha value is -2.36. The molecule has 25 heavy (non-hydrogen) atoms. The number of carbonyl (C=O) groups is 2. The lowest BCUT2D eigenvalue weighted by Crippen LogP contribution is -2.45. The molecule has 2 saturated carbocycles. The predicted molar refractivity (Wildman–Crippen MR) is 99.1 cm³/mol. The van der Waals surface area contributed by atoms with Crippen LogP contribution in [0.2, 0.25) is 0 Å². The first-order chi connectivity index (χ1) is 12.1. The molecule has 2 fully saturated rings. The first-order valence-electron chi connectivity index (χ1n) is 9.21. The van der Waals surface area contributed by atoms with Crippen LogP contribution in [0.25, 0.3) is 10.8 Å². The lowest BCUT2D eigenvalue weighted by Gasteiger charge is -2.28. The highest BCUT2D eigenvalue weighted by Crippen LogP contribution is 2.49. The molecule has 0 aromatic heterocycles. The van der Waals surface area contributed by atoms with Gasteiger partial charge in [-0.15, -0.1) is 0 Å². The van der Waals surface area contributed by atoms with E-state index in [2.05, 4.69) is 10.6 Å². The van der Waals surface area contributed by atoms with Crippen LogP contribution >= 0.6 is 0 Å². The van der Waals surface area contributed by atoms with Gasteiger partial charge in [0, 0.05) is 11.7 Å². The number of fused-ring (bicyclic) bond motifs is 3. The minimum atomic E-state index is -0.592. The Morgan fingerprint density at radius 3 is 2.52 bits per heavy atom. The predicted octanol–water partition coefficient (Wildman–Crippen LogP) is 3.72. The van der Waals surface area contributed by atoms with Gasteiger partial charge >= 0.3 is 11.8 Å². The zero-order valence-corrected chi connectivity index (χ0v) is 14.5. The number of carbonyl (C=O) groups excluding carboxylic acids is 2. The van der Waals surface area contributed by atoms with E-state index in [0.29, 0.717) is 11.6 Å². The maximum absolute atomic E-state index is 12.3. The average Bonchev–Trinajstić information content (AvgIpc) is 3.25. The molecular formula is C21H24N2O2. The second kappa shape index (κ2) is 6.51. The molecule has 2 aliphatic rings. The van der Waals surface area contributed by atoms with E-state index in [-0.39, 0.29) is 6.04 Å². The Bertz CT molecular complexity index is 816. The molecule has 0 radical (unpaired) electrons. The van der Waals surface area contributed by atoms with Crippen molar-refractivity contribution in [1.82, 2.24) is 5.32 Å². The summed E-state index contributed by atoms with van der Waals surface area (Å²) in [6.45, 7) is 2.03. The molecule has 130 valence electrons. The van der Waals surface area contributed by atoms with Crippen molar-refractivity contribution in [2.75, 3.05) is 5.32 Å². The summed E-state index contributed by atoms with van der Waals surface area (Å²) in [4.78, 5) is 24.5. The van der Waals surface area contributed by atoms with Crippen molar-refractivity contribution in [3.05, 3.63) is 42.5 Å². The van der Waals surface area contributed by atoms with Crippen LogP contribution < -0.4 is 10.6 Å². The van der Waals surface area contributed by atoms with Crippen LogP contribution in [-0.4, -0.2) is 17.9 Å². The van der Waals surface area contributed by atoms with Crippen LogP contribution in [0.3, 0.4) is 0 Å². The highest BCUT2D eigenvalue weighted by molar-refractivity contribution is 6.39. The highest BCUT2D eigenvalue weighted by atomic mass is 16.2. The minimum absolute atomic E-state index is 0.0603. The first-order valence-corrected chi connectivity index (χ1v) is 9.21. The summed E-state index contributed by atoms with van der Waals surface area (Å²) in [5, 5.41) is 7.77. The second-order valence-corrected chi connectivity index (χ2v) is 7.62. The van der Waals surface area contributed by atoms with Gasteiger partial charge in [0.2, 0.25) is 0 Å². The third-order valence-electron chi connectivity index (χ3n) is 6.01. The van der Waals surface area contributed by atoms with Crippen molar-refractivity contribution in [2.45, 2.75) is 38.6 Å². The van der Waals surface area contributed by atoms with Gasteiger partial charge in [-0.25, -0.2) is 0 Å². The van der Waals surface area contributed by atoms with E-state index >= 15 is 0 Å². The van der Waals surface area contributed by atoms with Crippen molar-refractivity contribution in [1.29, 1.82) is 0 Å². The normalized spacial score (nSPS) is 25.7. The standard InChI is InChI=1S/C21H24N2O2/c1-13(19-11-14-6-7-17(19)10-14)22-20(24)21(25)23-18-9-8-15-4-2-3-5-16(15)12-18/h2-5,8-9,12-14,17,19H,6-7,10-11H2,1H3,(H,22,24)(H,23,25). The fourth-order valence-electron chi connectivity index (χ4n) is 4.74. The Labute approximate surface area is 148 Å². The van der Waals surface area contributed by atoms with Crippen LogP contribution in [0.15, 0.2) is 42.5 Å². The van der Waals surface area contributed by atoms with Crippen LogP contribution in [0.5, 0.6) is 0 Å².